The lowest BCUT2D eigenvalue weighted by Crippen LogP contribution is -2.26. The van der Waals surface area contributed by atoms with E-state index in [1.807, 2.05) is 24.3 Å². The number of carbonyl (C=O) groups excluding carboxylic acids is 1. The normalized spacial score (nSPS) is 10.1. The van der Waals surface area contributed by atoms with Crippen LogP contribution in [0, 0.1) is 0 Å². The predicted molar refractivity (Wildman–Crippen MR) is 76.8 cm³/mol. The average Bonchev–Trinajstić information content (AvgIpc) is 2.35. The molecule has 0 fully saturated rings. The molecule has 1 amide bonds. The van der Waals surface area contributed by atoms with Crippen molar-refractivity contribution in [1.29, 1.82) is 0 Å². The smallest absolute Gasteiger partial charge is 0.221 e. The SMILES string of the molecule is COCCCNC(=O)CCNc1cccc(Br)c1. The number of amides is 1. The van der Waals surface area contributed by atoms with Crippen molar-refractivity contribution in [2.45, 2.75) is 12.8 Å². The number of anilines is 1. The third-order valence-corrected chi connectivity index (χ3v) is 2.85. The van der Waals surface area contributed by atoms with Gasteiger partial charge in [0.2, 0.25) is 5.91 Å². The number of carbonyl (C=O) groups is 1. The van der Waals surface area contributed by atoms with E-state index >= 15 is 0 Å². The van der Waals surface area contributed by atoms with E-state index < -0.39 is 0 Å². The van der Waals surface area contributed by atoms with E-state index in [4.69, 9.17) is 4.74 Å². The van der Waals surface area contributed by atoms with Crippen molar-refractivity contribution in [3.8, 4) is 0 Å². The highest BCUT2D eigenvalue weighted by Crippen LogP contribution is 2.15. The van der Waals surface area contributed by atoms with Gasteiger partial charge in [-0.3, -0.25) is 4.79 Å². The number of nitrogens with one attached hydrogen (secondary N) is 2. The van der Waals surface area contributed by atoms with Crippen molar-refractivity contribution in [3.05, 3.63) is 28.7 Å². The Labute approximate surface area is 116 Å². The van der Waals surface area contributed by atoms with Gasteiger partial charge in [-0.15, -0.1) is 0 Å². The van der Waals surface area contributed by atoms with Crippen LogP contribution in [0.25, 0.3) is 0 Å². The Balaban J connectivity index is 2.12. The Morgan fingerprint density at radius 3 is 2.94 bits per heavy atom. The topological polar surface area (TPSA) is 50.4 Å². The molecule has 0 saturated carbocycles. The molecule has 1 aromatic carbocycles. The summed E-state index contributed by atoms with van der Waals surface area (Å²) in [5.41, 5.74) is 1.01. The monoisotopic (exact) mass is 314 g/mol. The fourth-order valence-corrected chi connectivity index (χ4v) is 1.85. The van der Waals surface area contributed by atoms with Crippen LogP contribution in [-0.2, 0) is 9.53 Å². The summed E-state index contributed by atoms with van der Waals surface area (Å²) in [7, 11) is 1.66. The van der Waals surface area contributed by atoms with Gasteiger partial charge in [0, 0.05) is 43.4 Å². The maximum atomic E-state index is 11.5. The Morgan fingerprint density at radius 1 is 1.39 bits per heavy atom. The van der Waals surface area contributed by atoms with Gasteiger partial charge < -0.3 is 15.4 Å². The molecular weight excluding hydrogens is 296 g/mol. The molecule has 0 radical (unpaired) electrons. The second-order valence-electron chi connectivity index (χ2n) is 3.88. The molecule has 1 rings (SSSR count). The zero-order valence-electron chi connectivity index (χ0n) is 10.5. The molecular formula is C13H19BrN2O2. The summed E-state index contributed by atoms with van der Waals surface area (Å²) in [5, 5.41) is 6.05. The van der Waals surface area contributed by atoms with E-state index in [9.17, 15) is 4.79 Å². The molecule has 0 heterocycles. The van der Waals surface area contributed by atoms with Crippen LogP contribution < -0.4 is 10.6 Å². The van der Waals surface area contributed by atoms with Gasteiger partial charge in [0.25, 0.3) is 0 Å². The molecule has 0 aliphatic rings. The summed E-state index contributed by atoms with van der Waals surface area (Å²) in [4.78, 5) is 11.5. The third kappa shape index (κ3) is 6.61. The highest BCUT2D eigenvalue weighted by molar-refractivity contribution is 9.10. The third-order valence-electron chi connectivity index (χ3n) is 2.35. The van der Waals surface area contributed by atoms with Crippen LogP contribution in [0.3, 0.4) is 0 Å². The zero-order chi connectivity index (χ0) is 13.2. The van der Waals surface area contributed by atoms with Crippen LogP contribution in [0.2, 0.25) is 0 Å². The van der Waals surface area contributed by atoms with Gasteiger partial charge in [0.05, 0.1) is 0 Å². The molecule has 100 valence electrons. The highest BCUT2D eigenvalue weighted by Gasteiger charge is 2.00. The summed E-state index contributed by atoms with van der Waals surface area (Å²) in [6.07, 6.45) is 1.32. The molecule has 0 aliphatic heterocycles. The minimum atomic E-state index is 0.0635. The van der Waals surface area contributed by atoms with Crippen molar-refractivity contribution in [2.75, 3.05) is 32.1 Å². The Hall–Kier alpha value is -1.07. The van der Waals surface area contributed by atoms with Gasteiger partial charge >= 0.3 is 0 Å². The summed E-state index contributed by atoms with van der Waals surface area (Å²) in [6.45, 7) is 1.98. The molecule has 0 aromatic heterocycles. The van der Waals surface area contributed by atoms with Crippen molar-refractivity contribution >= 4 is 27.5 Å². The molecule has 0 spiro atoms. The summed E-state index contributed by atoms with van der Waals surface area (Å²) in [5.74, 6) is 0.0635. The molecule has 0 saturated heterocycles. The molecule has 18 heavy (non-hydrogen) atoms. The van der Waals surface area contributed by atoms with E-state index in [1.165, 1.54) is 0 Å². The van der Waals surface area contributed by atoms with E-state index in [0.717, 1.165) is 16.6 Å². The fraction of sp³-hybridized carbons (Fsp3) is 0.462. The standard InChI is InChI=1S/C13H19BrN2O2/c1-18-9-3-7-16-13(17)6-8-15-12-5-2-4-11(14)10-12/h2,4-5,10,15H,3,6-9H2,1H3,(H,16,17). The van der Waals surface area contributed by atoms with Gasteiger partial charge in [-0.2, -0.15) is 0 Å². The lowest BCUT2D eigenvalue weighted by molar-refractivity contribution is -0.120. The van der Waals surface area contributed by atoms with Crippen LogP contribution in [0.4, 0.5) is 5.69 Å². The van der Waals surface area contributed by atoms with Crippen molar-refractivity contribution in [2.24, 2.45) is 0 Å². The summed E-state index contributed by atoms with van der Waals surface area (Å²) in [6, 6.07) is 7.88. The number of benzene rings is 1. The van der Waals surface area contributed by atoms with Crippen LogP contribution in [0.1, 0.15) is 12.8 Å². The quantitative estimate of drug-likeness (QED) is 0.724. The zero-order valence-corrected chi connectivity index (χ0v) is 12.1. The molecule has 0 aliphatic carbocycles. The molecule has 0 bridgehead atoms. The Morgan fingerprint density at radius 2 is 2.22 bits per heavy atom. The highest BCUT2D eigenvalue weighted by atomic mass is 79.9. The fourth-order valence-electron chi connectivity index (χ4n) is 1.45. The van der Waals surface area contributed by atoms with Gasteiger partial charge in [0.15, 0.2) is 0 Å². The maximum Gasteiger partial charge on any atom is 0.221 e. The number of hydrogen-bond acceptors (Lipinski definition) is 3. The molecule has 1 aromatic rings. The van der Waals surface area contributed by atoms with Crippen molar-refractivity contribution < 1.29 is 9.53 Å². The number of ether oxygens (including phenoxy) is 1. The van der Waals surface area contributed by atoms with E-state index in [2.05, 4.69) is 26.6 Å². The molecule has 0 atom stereocenters. The minimum absolute atomic E-state index is 0.0635. The van der Waals surface area contributed by atoms with Crippen molar-refractivity contribution in [3.63, 3.8) is 0 Å². The molecule has 4 nitrogen and oxygen atoms in total. The first kappa shape index (κ1) is 15.0. The average molecular weight is 315 g/mol. The second kappa shape index (κ2) is 8.94. The van der Waals surface area contributed by atoms with Crippen LogP contribution >= 0.6 is 15.9 Å². The van der Waals surface area contributed by atoms with Crippen LogP contribution in [-0.4, -0.2) is 32.7 Å². The first-order valence-corrected chi connectivity index (χ1v) is 6.77. The Bertz CT molecular complexity index is 372. The van der Waals surface area contributed by atoms with E-state index in [1.54, 1.807) is 7.11 Å². The van der Waals surface area contributed by atoms with Gasteiger partial charge in [-0.05, 0) is 24.6 Å². The largest absolute Gasteiger partial charge is 0.385 e. The molecule has 5 heteroatoms. The summed E-state index contributed by atoms with van der Waals surface area (Å²) < 4.78 is 5.93. The number of rotatable bonds is 8. The van der Waals surface area contributed by atoms with Crippen LogP contribution in [0.15, 0.2) is 28.7 Å². The first-order valence-electron chi connectivity index (χ1n) is 5.97. The first-order chi connectivity index (χ1) is 8.72. The van der Waals surface area contributed by atoms with Crippen molar-refractivity contribution in [1.82, 2.24) is 5.32 Å². The number of methoxy groups -OCH3 is 1. The lowest BCUT2D eigenvalue weighted by atomic mass is 10.3. The van der Waals surface area contributed by atoms with E-state index in [-0.39, 0.29) is 5.91 Å². The number of halogens is 1. The van der Waals surface area contributed by atoms with Gasteiger partial charge in [0.1, 0.15) is 0 Å². The lowest BCUT2D eigenvalue weighted by Gasteiger charge is -2.07. The second-order valence-corrected chi connectivity index (χ2v) is 4.80. The van der Waals surface area contributed by atoms with E-state index in [0.29, 0.717) is 26.1 Å². The maximum absolute atomic E-state index is 11.5. The molecule has 2 N–H and O–H groups in total. The van der Waals surface area contributed by atoms with Crippen LogP contribution in [0.5, 0.6) is 0 Å². The number of hydrogen-bond donors (Lipinski definition) is 2. The van der Waals surface area contributed by atoms with Gasteiger partial charge in [-0.1, -0.05) is 22.0 Å². The predicted octanol–water partition coefficient (Wildman–Crippen LogP) is 2.40. The molecule has 0 unspecified atom stereocenters. The summed E-state index contributed by atoms with van der Waals surface area (Å²) >= 11 is 3.40. The minimum Gasteiger partial charge on any atom is -0.385 e. The Kier molecular flexibility index (Phi) is 7.44. The van der Waals surface area contributed by atoms with Gasteiger partial charge in [-0.25, -0.2) is 0 Å².